The Kier molecular flexibility index (Phi) is 8.61. The molecule has 0 unspecified atom stereocenters. The summed E-state index contributed by atoms with van der Waals surface area (Å²) in [6.45, 7) is 5.51. The highest BCUT2D eigenvalue weighted by Gasteiger charge is 2.38. The van der Waals surface area contributed by atoms with Crippen LogP contribution in [0.15, 0.2) is 12.4 Å². The van der Waals surface area contributed by atoms with Crippen LogP contribution in [0.3, 0.4) is 0 Å². The Morgan fingerprint density at radius 1 is 0.839 bits per heavy atom. The van der Waals surface area contributed by atoms with E-state index in [0.717, 1.165) is 0 Å². The minimum atomic E-state index is -1.51. The highest BCUT2D eigenvalue weighted by molar-refractivity contribution is 5.81. The standard InChI is InChI=1S/C18H27N7O6/c1-4-29-15(26)11-24-9-13(20-22-24)7-18(19,17(28)31-6-3)8-14-10-25(23-21-14)12-16(27)30-5-2/h9-10H,4-8,11-12,19H2,1-3H3. The molecule has 0 atom stereocenters. The van der Waals surface area contributed by atoms with Crippen LogP contribution in [0, 0.1) is 0 Å². The van der Waals surface area contributed by atoms with Crippen LogP contribution in [-0.4, -0.2) is 73.3 Å². The van der Waals surface area contributed by atoms with Gasteiger partial charge in [0.05, 0.1) is 31.2 Å². The van der Waals surface area contributed by atoms with Crippen LogP contribution >= 0.6 is 0 Å². The van der Waals surface area contributed by atoms with Crippen molar-refractivity contribution in [1.29, 1.82) is 0 Å². The summed E-state index contributed by atoms with van der Waals surface area (Å²) < 4.78 is 17.5. The van der Waals surface area contributed by atoms with Crippen LogP contribution in [0.4, 0.5) is 0 Å². The number of carbonyl (C=O) groups is 3. The molecule has 0 saturated carbocycles. The first-order valence-electron chi connectivity index (χ1n) is 9.85. The van der Waals surface area contributed by atoms with E-state index in [1.165, 1.54) is 21.8 Å². The van der Waals surface area contributed by atoms with E-state index >= 15 is 0 Å². The average molecular weight is 437 g/mol. The fourth-order valence-electron chi connectivity index (χ4n) is 2.80. The zero-order valence-electron chi connectivity index (χ0n) is 17.8. The lowest BCUT2D eigenvalue weighted by Crippen LogP contribution is -2.53. The second kappa shape index (κ2) is 11.2. The summed E-state index contributed by atoms with van der Waals surface area (Å²) in [5.74, 6) is -1.56. The van der Waals surface area contributed by atoms with Crippen molar-refractivity contribution in [3.63, 3.8) is 0 Å². The van der Waals surface area contributed by atoms with E-state index in [0.29, 0.717) is 11.4 Å². The van der Waals surface area contributed by atoms with Gasteiger partial charge in [-0.25, -0.2) is 9.36 Å². The number of rotatable bonds is 12. The van der Waals surface area contributed by atoms with Gasteiger partial charge in [-0.05, 0) is 20.8 Å². The molecule has 2 aromatic rings. The first-order valence-corrected chi connectivity index (χ1v) is 9.85. The zero-order valence-corrected chi connectivity index (χ0v) is 17.8. The Labute approximate surface area is 178 Å². The molecular formula is C18H27N7O6. The Bertz CT molecular complexity index is 833. The maximum Gasteiger partial charge on any atom is 0.327 e. The van der Waals surface area contributed by atoms with Crippen molar-refractivity contribution in [3.8, 4) is 0 Å². The van der Waals surface area contributed by atoms with Crippen LogP contribution in [0.5, 0.6) is 0 Å². The van der Waals surface area contributed by atoms with Gasteiger partial charge in [-0.1, -0.05) is 10.4 Å². The molecule has 0 saturated heterocycles. The van der Waals surface area contributed by atoms with Crippen molar-refractivity contribution in [2.75, 3.05) is 19.8 Å². The highest BCUT2D eigenvalue weighted by Crippen LogP contribution is 2.17. The van der Waals surface area contributed by atoms with Crippen molar-refractivity contribution >= 4 is 17.9 Å². The fourth-order valence-corrected chi connectivity index (χ4v) is 2.80. The molecule has 0 amide bonds. The molecule has 2 N–H and O–H groups in total. The van der Waals surface area contributed by atoms with Crippen LogP contribution in [-0.2, 0) is 54.5 Å². The number of aromatic nitrogens is 6. The number of hydrogen-bond donors (Lipinski definition) is 1. The van der Waals surface area contributed by atoms with Gasteiger partial charge in [0.1, 0.15) is 18.6 Å². The van der Waals surface area contributed by atoms with Crippen molar-refractivity contribution < 1.29 is 28.6 Å². The van der Waals surface area contributed by atoms with Crippen LogP contribution in [0.1, 0.15) is 32.2 Å². The van der Waals surface area contributed by atoms with Gasteiger partial charge in [-0.15, -0.1) is 10.2 Å². The van der Waals surface area contributed by atoms with E-state index in [2.05, 4.69) is 20.6 Å². The second-order valence-corrected chi connectivity index (χ2v) is 6.66. The predicted octanol–water partition coefficient (Wildman–Crippen LogP) is -0.958. The first-order chi connectivity index (χ1) is 14.8. The van der Waals surface area contributed by atoms with Crippen molar-refractivity contribution in [1.82, 2.24) is 30.0 Å². The lowest BCUT2D eigenvalue weighted by Gasteiger charge is -2.25. The topological polar surface area (TPSA) is 166 Å². The van der Waals surface area contributed by atoms with Gasteiger partial charge in [0.25, 0.3) is 0 Å². The van der Waals surface area contributed by atoms with Crippen LogP contribution in [0.2, 0.25) is 0 Å². The molecule has 0 aliphatic heterocycles. The van der Waals surface area contributed by atoms with E-state index in [9.17, 15) is 14.4 Å². The summed E-state index contributed by atoms with van der Waals surface area (Å²) in [6.07, 6.45) is 2.99. The summed E-state index contributed by atoms with van der Waals surface area (Å²) in [7, 11) is 0. The molecular weight excluding hydrogens is 410 g/mol. The summed E-state index contributed by atoms with van der Waals surface area (Å²) in [5.41, 5.74) is 5.66. The number of nitrogens with two attached hydrogens (primary N) is 1. The van der Waals surface area contributed by atoms with Crippen molar-refractivity contribution in [2.24, 2.45) is 5.73 Å². The molecule has 2 aromatic heterocycles. The molecule has 2 rings (SSSR count). The summed E-state index contributed by atoms with van der Waals surface area (Å²) in [6, 6.07) is 0. The third-order valence-electron chi connectivity index (χ3n) is 4.04. The fraction of sp³-hybridized carbons (Fsp3) is 0.611. The minimum absolute atomic E-state index is 0.0145. The molecule has 13 nitrogen and oxygen atoms in total. The Balaban J connectivity index is 2.13. The summed E-state index contributed by atoms with van der Waals surface area (Å²) in [5, 5.41) is 15.7. The predicted molar refractivity (Wildman–Crippen MR) is 104 cm³/mol. The number of hydrogen-bond acceptors (Lipinski definition) is 11. The normalized spacial score (nSPS) is 11.2. The number of esters is 3. The third-order valence-corrected chi connectivity index (χ3v) is 4.04. The molecule has 0 aliphatic carbocycles. The molecule has 0 aliphatic rings. The Morgan fingerprint density at radius 2 is 1.26 bits per heavy atom. The lowest BCUT2D eigenvalue weighted by atomic mass is 9.89. The smallest absolute Gasteiger partial charge is 0.327 e. The summed E-state index contributed by atoms with van der Waals surface area (Å²) in [4.78, 5) is 35.8. The van der Waals surface area contributed by atoms with Gasteiger partial charge in [-0.3, -0.25) is 14.4 Å². The maximum absolute atomic E-state index is 12.6. The molecule has 170 valence electrons. The van der Waals surface area contributed by atoms with E-state index in [1.54, 1.807) is 20.8 Å². The van der Waals surface area contributed by atoms with E-state index in [4.69, 9.17) is 19.9 Å². The molecule has 0 aromatic carbocycles. The Hall–Kier alpha value is -3.35. The van der Waals surface area contributed by atoms with Gasteiger partial charge in [-0.2, -0.15) is 0 Å². The zero-order chi connectivity index (χ0) is 22.9. The van der Waals surface area contributed by atoms with Crippen molar-refractivity contribution in [2.45, 2.75) is 52.2 Å². The monoisotopic (exact) mass is 437 g/mol. The molecule has 0 fully saturated rings. The van der Waals surface area contributed by atoms with Crippen molar-refractivity contribution in [3.05, 3.63) is 23.8 Å². The molecule has 0 bridgehead atoms. The largest absolute Gasteiger partial charge is 0.465 e. The molecule has 2 heterocycles. The SMILES string of the molecule is CCOC(=O)Cn1cc(CC(N)(Cc2cn(CC(=O)OCC)nn2)C(=O)OCC)nn1. The molecule has 0 radical (unpaired) electrons. The van der Waals surface area contributed by atoms with Gasteiger partial charge < -0.3 is 19.9 Å². The van der Waals surface area contributed by atoms with Gasteiger partial charge in [0.15, 0.2) is 0 Å². The summed E-state index contributed by atoms with van der Waals surface area (Å²) >= 11 is 0. The lowest BCUT2D eigenvalue weighted by molar-refractivity contribution is -0.150. The molecule has 0 spiro atoms. The quantitative estimate of drug-likeness (QED) is 0.321. The highest BCUT2D eigenvalue weighted by atomic mass is 16.5. The Morgan fingerprint density at radius 3 is 1.65 bits per heavy atom. The number of nitrogens with zero attached hydrogens (tertiary/aromatic N) is 6. The van der Waals surface area contributed by atoms with E-state index in [-0.39, 0.29) is 45.8 Å². The van der Waals surface area contributed by atoms with E-state index < -0.39 is 23.4 Å². The maximum atomic E-state index is 12.6. The third kappa shape index (κ3) is 7.13. The van der Waals surface area contributed by atoms with Gasteiger partial charge >= 0.3 is 17.9 Å². The minimum Gasteiger partial charge on any atom is -0.465 e. The average Bonchev–Trinajstić information content (AvgIpc) is 3.31. The van der Waals surface area contributed by atoms with Crippen LogP contribution < -0.4 is 5.73 Å². The van der Waals surface area contributed by atoms with E-state index in [1.807, 2.05) is 0 Å². The number of ether oxygens (including phenoxy) is 3. The molecule has 31 heavy (non-hydrogen) atoms. The first kappa shape index (κ1) is 23.9. The van der Waals surface area contributed by atoms with Gasteiger partial charge in [0.2, 0.25) is 0 Å². The second-order valence-electron chi connectivity index (χ2n) is 6.66. The van der Waals surface area contributed by atoms with Crippen LogP contribution in [0.25, 0.3) is 0 Å². The van der Waals surface area contributed by atoms with Gasteiger partial charge in [0, 0.05) is 25.2 Å². The number of carbonyl (C=O) groups excluding carboxylic acids is 3. The molecule has 13 heteroatoms.